The Balaban J connectivity index is 2.12. The third-order valence-corrected chi connectivity index (χ3v) is 3.04. The van der Waals surface area contributed by atoms with Gasteiger partial charge >= 0.3 is 0 Å². The number of amides is 1. The number of benzene rings is 1. The molecule has 1 unspecified atom stereocenters. The van der Waals surface area contributed by atoms with Crippen molar-refractivity contribution in [2.45, 2.75) is 6.10 Å². The van der Waals surface area contributed by atoms with Crippen LogP contribution in [0.15, 0.2) is 28.7 Å². The van der Waals surface area contributed by atoms with Gasteiger partial charge in [-0.2, -0.15) is 0 Å². The van der Waals surface area contributed by atoms with Crippen LogP contribution in [-0.4, -0.2) is 31.0 Å². The molecular formula is C11H12BrNO2. The first-order valence-corrected chi connectivity index (χ1v) is 5.57. The van der Waals surface area contributed by atoms with Gasteiger partial charge in [-0.05, 0) is 17.7 Å². The Hall–Kier alpha value is -0.870. The Kier molecular flexibility index (Phi) is 3.07. The first-order valence-electron chi connectivity index (χ1n) is 4.78. The molecule has 0 radical (unpaired) electrons. The normalized spacial score (nSPS) is 21.9. The fraction of sp³-hybridized carbons (Fsp3) is 0.364. The first kappa shape index (κ1) is 10.6. The van der Waals surface area contributed by atoms with Crippen LogP contribution in [0.5, 0.6) is 0 Å². The fourth-order valence-corrected chi connectivity index (χ4v) is 1.83. The summed E-state index contributed by atoms with van der Waals surface area (Å²) in [5, 5.41) is 0. The van der Waals surface area contributed by atoms with Crippen molar-refractivity contribution in [3.05, 3.63) is 34.3 Å². The van der Waals surface area contributed by atoms with E-state index in [4.69, 9.17) is 4.74 Å². The van der Waals surface area contributed by atoms with Crippen molar-refractivity contribution in [3.63, 3.8) is 0 Å². The summed E-state index contributed by atoms with van der Waals surface area (Å²) < 4.78 is 6.53. The summed E-state index contributed by atoms with van der Waals surface area (Å²) in [6.45, 7) is 0.803. The lowest BCUT2D eigenvalue weighted by molar-refractivity contribution is -0.147. The van der Waals surface area contributed by atoms with Crippen LogP contribution in [0.4, 0.5) is 0 Å². The van der Waals surface area contributed by atoms with Gasteiger partial charge in [0.1, 0.15) is 12.7 Å². The van der Waals surface area contributed by atoms with E-state index in [0.717, 1.165) is 10.0 Å². The number of carbonyl (C=O) groups is 1. The second kappa shape index (κ2) is 4.33. The average Bonchev–Trinajstić information content (AvgIpc) is 2.23. The van der Waals surface area contributed by atoms with Crippen LogP contribution in [0, 0.1) is 0 Å². The van der Waals surface area contributed by atoms with Gasteiger partial charge in [0.15, 0.2) is 0 Å². The SMILES string of the molecule is CN1CC(c2ccc(Br)cc2)OCC1=O. The molecule has 1 amide bonds. The summed E-state index contributed by atoms with van der Waals surface area (Å²) >= 11 is 3.39. The number of hydrogen-bond acceptors (Lipinski definition) is 2. The van der Waals surface area contributed by atoms with Gasteiger partial charge in [-0.3, -0.25) is 4.79 Å². The summed E-state index contributed by atoms with van der Waals surface area (Å²) in [5.41, 5.74) is 1.11. The number of carbonyl (C=O) groups excluding carboxylic acids is 1. The van der Waals surface area contributed by atoms with Gasteiger partial charge in [-0.15, -0.1) is 0 Å². The molecule has 1 aromatic carbocycles. The minimum Gasteiger partial charge on any atom is -0.362 e. The standard InChI is InChI=1S/C11H12BrNO2/c1-13-6-10(15-7-11(13)14)8-2-4-9(12)5-3-8/h2-5,10H,6-7H2,1H3. The highest BCUT2D eigenvalue weighted by Gasteiger charge is 2.24. The number of rotatable bonds is 1. The minimum absolute atomic E-state index is 0.000741. The first-order chi connectivity index (χ1) is 7.16. The predicted octanol–water partition coefficient (Wildman–Crippen LogP) is 1.98. The van der Waals surface area contributed by atoms with E-state index in [1.165, 1.54) is 0 Å². The summed E-state index contributed by atoms with van der Waals surface area (Å²) in [7, 11) is 1.80. The molecule has 3 nitrogen and oxygen atoms in total. The lowest BCUT2D eigenvalue weighted by Gasteiger charge is -2.30. The molecule has 80 valence electrons. The quantitative estimate of drug-likeness (QED) is 0.781. The number of morpholine rings is 1. The van der Waals surface area contributed by atoms with E-state index in [2.05, 4.69) is 15.9 Å². The van der Waals surface area contributed by atoms with Crippen LogP contribution >= 0.6 is 15.9 Å². The molecule has 1 fully saturated rings. The zero-order valence-electron chi connectivity index (χ0n) is 8.44. The zero-order valence-corrected chi connectivity index (χ0v) is 10.0. The van der Waals surface area contributed by atoms with Gasteiger partial charge in [-0.25, -0.2) is 0 Å². The van der Waals surface area contributed by atoms with E-state index in [1.54, 1.807) is 11.9 Å². The molecule has 0 spiro atoms. The molecule has 0 aromatic heterocycles. The lowest BCUT2D eigenvalue weighted by Crippen LogP contribution is -2.40. The van der Waals surface area contributed by atoms with E-state index < -0.39 is 0 Å². The van der Waals surface area contributed by atoms with Gasteiger partial charge in [-0.1, -0.05) is 28.1 Å². The molecule has 0 N–H and O–H groups in total. The topological polar surface area (TPSA) is 29.5 Å². The largest absolute Gasteiger partial charge is 0.362 e. The molecule has 1 saturated heterocycles. The Morgan fingerprint density at radius 1 is 1.40 bits per heavy atom. The van der Waals surface area contributed by atoms with E-state index >= 15 is 0 Å². The van der Waals surface area contributed by atoms with Crippen LogP contribution < -0.4 is 0 Å². The van der Waals surface area contributed by atoms with E-state index in [-0.39, 0.29) is 18.6 Å². The Labute approximate surface area is 97.2 Å². The molecule has 1 aromatic rings. The van der Waals surface area contributed by atoms with Crippen LogP contribution in [0.25, 0.3) is 0 Å². The van der Waals surface area contributed by atoms with Crippen LogP contribution in [0.3, 0.4) is 0 Å². The second-order valence-corrected chi connectivity index (χ2v) is 4.54. The maximum atomic E-state index is 11.2. The van der Waals surface area contributed by atoms with Gasteiger partial charge in [0, 0.05) is 11.5 Å². The van der Waals surface area contributed by atoms with Crippen molar-refractivity contribution in [1.82, 2.24) is 4.90 Å². The highest BCUT2D eigenvalue weighted by Crippen LogP contribution is 2.23. The van der Waals surface area contributed by atoms with Crippen LogP contribution in [0.2, 0.25) is 0 Å². The van der Waals surface area contributed by atoms with E-state index in [1.807, 2.05) is 24.3 Å². The molecule has 0 bridgehead atoms. The Morgan fingerprint density at radius 2 is 2.07 bits per heavy atom. The van der Waals surface area contributed by atoms with Gasteiger partial charge in [0.05, 0.1) is 6.54 Å². The van der Waals surface area contributed by atoms with Crippen molar-refractivity contribution in [2.24, 2.45) is 0 Å². The third-order valence-electron chi connectivity index (χ3n) is 2.52. The van der Waals surface area contributed by atoms with E-state index in [0.29, 0.717) is 6.54 Å². The highest BCUT2D eigenvalue weighted by atomic mass is 79.9. The molecular weight excluding hydrogens is 258 g/mol. The van der Waals surface area contributed by atoms with Crippen molar-refractivity contribution in [1.29, 1.82) is 0 Å². The smallest absolute Gasteiger partial charge is 0.248 e. The number of hydrogen-bond donors (Lipinski definition) is 0. The fourth-order valence-electron chi connectivity index (χ4n) is 1.56. The maximum Gasteiger partial charge on any atom is 0.248 e. The highest BCUT2D eigenvalue weighted by molar-refractivity contribution is 9.10. The Morgan fingerprint density at radius 3 is 2.67 bits per heavy atom. The van der Waals surface area contributed by atoms with Gasteiger partial charge in [0.25, 0.3) is 0 Å². The zero-order chi connectivity index (χ0) is 10.8. The van der Waals surface area contributed by atoms with Crippen LogP contribution in [0.1, 0.15) is 11.7 Å². The number of ether oxygens (including phenoxy) is 1. The number of likely N-dealkylation sites (N-methyl/N-ethyl adjacent to an activating group) is 1. The molecule has 15 heavy (non-hydrogen) atoms. The van der Waals surface area contributed by atoms with Crippen molar-refractivity contribution >= 4 is 21.8 Å². The lowest BCUT2D eigenvalue weighted by atomic mass is 10.1. The maximum absolute atomic E-state index is 11.2. The van der Waals surface area contributed by atoms with E-state index in [9.17, 15) is 4.79 Å². The summed E-state index contributed by atoms with van der Waals surface area (Å²) in [5.74, 6) is 0.0448. The number of halogens is 1. The number of nitrogens with zero attached hydrogens (tertiary/aromatic N) is 1. The molecule has 1 atom stereocenters. The minimum atomic E-state index is 0.000741. The Bertz CT molecular complexity index is 363. The van der Waals surface area contributed by atoms with Crippen molar-refractivity contribution in [2.75, 3.05) is 20.2 Å². The van der Waals surface area contributed by atoms with Gasteiger partial charge < -0.3 is 9.64 Å². The third kappa shape index (κ3) is 2.38. The molecule has 1 aliphatic heterocycles. The molecule has 0 saturated carbocycles. The van der Waals surface area contributed by atoms with Crippen molar-refractivity contribution < 1.29 is 9.53 Å². The van der Waals surface area contributed by atoms with Gasteiger partial charge in [0.2, 0.25) is 5.91 Å². The summed E-state index contributed by atoms with van der Waals surface area (Å²) in [6.07, 6.45) is 0.000741. The molecule has 0 aliphatic carbocycles. The molecule has 1 aliphatic rings. The summed E-state index contributed by atoms with van der Waals surface area (Å²) in [4.78, 5) is 12.9. The second-order valence-electron chi connectivity index (χ2n) is 3.63. The molecule has 1 heterocycles. The molecule has 2 rings (SSSR count). The van der Waals surface area contributed by atoms with Crippen LogP contribution in [-0.2, 0) is 9.53 Å². The monoisotopic (exact) mass is 269 g/mol. The molecule has 4 heteroatoms. The average molecular weight is 270 g/mol. The predicted molar refractivity (Wildman–Crippen MR) is 60.5 cm³/mol. The summed E-state index contributed by atoms with van der Waals surface area (Å²) in [6, 6.07) is 7.99. The van der Waals surface area contributed by atoms with Crippen molar-refractivity contribution in [3.8, 4) is 0 Å².